The van der Waals surface area contributed by atoms with Gasteiger partial charge in [0.15, 0.2) is 0 Å². The average Bonchev–Trinajstić information content (AvgIpc) is 1.59. The molecule has 0 aliphatic heterocycles. The fourth-order valence-electron chi connectivity index (χ4n) is 0.486. The van der Waals surface area contributed by atoms with Crippen LogP contribution in [0.1, 0.15) is 19.8 Å². The Labute approximate surface area is 58.7 Å². The molecule has 2 N–H and O–H groups in total. The highest BCUT2D eigenvalue weighted by atomic mass is 31.2. The second-order valence-corrected chi connectivity index (χ2v) is 3.35. The van der Waals surface area contributed by atoms with Gasteiger partial charge in [0, 0.05) is 0 Å². The Hall–Kier alpha value is -0.180. The van der Waals surface area contributed by atoms with Crippen molar-refractivity contribution in [3.8, 4) is 0 Å². The van der Waals surface area contributed by atoms with Crippen LogP contribution in [-0.2, 0) is 4.57 Å². The van der Waals surface area contributed by atoms with Crippen LogP contribution in [0.4, 0.5) is 4.39 Å². The highest BCUT2D eigenvalue weighted by Crippen LogP contribution is 2.38. The predicted molar refractivity (Wildman–Crippen MR) is 36.1 cm³/mol. The molecule has 0 amide bonds. The zero-order valence-electron chi connectivity index (χ0n) is 5.62. The van der Waals surface area contributed by atoms with Crippen LogP contribution in [0.2, 0.25) is 0 Å². The summed E-state index contributed by atoms with van der Waals surface area (Å²) < 4.78 is 22.4. The molecule has 0 atom stereocenters. The molecule has 0 bridgehead atoms. The molecule has 3 nitrogen and oxygen atoms in total. The largest absolute Gasteiger partial charge is 0.351 e. The Morgan fingerprint density at radius 2 is 2.20 bits per heavy atom. The SMILES string of the molecule is CCCC(F)=CP(=O)(O)O. The van der Waals surface area contributed by atoms with E-state index >= 15 is 0 Å². The lowest BCUT2D eigenvalue weighted by Gasteiger charge is -1.95. The van der Waals surface area contributed by atoms with E-state index in [4.69, 9.17) is 9.79 Å². The van der Waals surface area contributed by atoms with E-state index in [0.717, 1.165) is 0 Å². The van der Waals surface area contributed by atoms with Gasteiger partial charge in [-0.1, -0.05) is 6.92 Å². The van der Waals surface area contributed by atoms with E-state index in [9.17, 15) is 8.96 Å². The van der Waals surface area contributed by atoms with E-state index in [0.29, 0.717) is 12.2 Å². The maximum atomic E-state index is 12.3. The quantitative estimate of drug-likeness (QED) is 0.631. The Kier molecular flexibility index (Phi) is 3.79. The molecule has 0 aliphatic rings. The minimum atomic E-state index is -4.29. The van der Waals surface area contributed by atoms with E-state index < -0.39 is 13.4 Å². The highest BCUT2D eigenvalue weighted by Gasteiger charge is 2.09. The molecule has 0 radical (unpaired) electrons. The highest BCUT2D eigenvalue weighted by molar-refractivity contribution is 7.55. The number of hydrogen-bond donors (Lipinski definition) is 2. The maximum absolute atomic E-state index is 12.3. The Bertz CT molecular complexity index is 172. The number of halogens is 1. The van der Waals surface area contributed by atoms with Crippen LogP contribution in [0.25, 0.3) is 0 Å². The van der Waals surface area contributed by atoms with Crippen LogP contribution >= 0.6 is 7.60 Å². The van der Waals surface area contributed by atoms with Crippen molar-refractivity contribution in [2.45, 2.75) is 19.8 Å². The van der Waals surface area contributed by atoms with Gasteiger partial charge in [0.2, 0.25) is 0 Å². The van der Waals surface area contributed by atoms with Gasteiger partial charge in [0.05, 0.1) is 5.82 Å². The molecule has 0 rings (SSSR count). The van der Waals surface area contributed by atoms with Gasteiger partial charge in [-0.25, -0.2) is 4.39 Å². The van der Waals surface area contributed by atoms with Crippen molar-refractivity contribution in [2.24, 2.45) is 0 Å². The van der Waals surface area contributed by atoms with Crippen LogP contribution in [0, 0.1) is 0 Å². The fourth-order valence-corrected chi connectivity index (χ4v) is 0.980. The molecule has 0 aromatic heterocycles. The third kappa shape index (κ3) is 5.95. The molecule has 0 saturated heterocycles. The number of hydrogen-bond acceptors (Lipinski definition) is 1. The standard InChI is InChI=1S/C5H10FO3P/c1-2-3-5(6)4-10(7,8)9/h4H,2-3H2,1H3,(H2,7,8,9). The summed E-state index contributed by atoms with van der Waals surface area (Å²) in [5.41, 5.74) is 0. The van der Waals surface area contributed by atoms with Gasteiger partial charge in [0.25, 0.3) is 0 Å². The van der Waals surface area contributed by atoms with Crippen molar-refractivity contribution in [3.05, 3.63) is 11.6 Å². The molecule has 0 saturated carbocycles. The fraction of sp³-hybridized carbons (Fsp3) is 0.600. The monoisotopic (exact) mass is 168 g/mol. The zero-order valence-corrected chi connectivity index (χ0v) is 6.51. The molecule has 0 aliphatic carbocycles. The van der Waals surface area contributed by atoms with Crippen molar-refractivity contribution in [1.82, 2.24) is 0 Å². The Morgan fingerprint density at radius 1 is 1.70 bits per heavy atom. The molecule has 0 aromatic carbocycles. The van der Waals surface area contributed by atoms with Gasteiger partial charge in [-0.3, -0.25) is 4.57 Å². The summed E-state index contributed by atoms with van der Waals surface area (Å²) in [7, 11) is -4.29. The second-order valence-electron chi connectivity index (χ2n) is 1.92. The van der Waals surface area contributed by atoms with E-state index in [1.807, 2.05) is 0 Å². The molecule has 5 heteroatoms. The zero-order chi connectivity index (χ0) is 8.20. The van der Waals surface area contributed by atoms with Gasteiger partial charge in [-0.05, 0) is 12.8 Å². The van der Waals surface area contributed by atoms with Gasteiger partial charge < -0.3 is 9.79 Å². The normalized spacial score (nSPS) is 13.8. The van der Waals surface area contributed by atoms with Crippen molar-refractivity contribution < 1.29 is 18.7 Å². The summed E-state index contributed by atoms with van der Waals surface area (Å²) in [6.07, 6.45) is 0.632. The minimum absolute atomic E-state index is 0.0884. The molecule has 0 heterocycles. The average molecular weight is 168 g/mol. The van der Waals surface area contributed by atoms with Crippen LogP contribution in [0.5, 0.6) is 0 Å². The van der Waals surface area contributed by atoms with Crippen LogP contribution < -0.4 is 0 Å². The number of allylic oxidation sites excluding steroid dienone is 1. The third-order valence-electron chi connectivity index (χ3n) is 0.797. The predicted octanol–water partition coefficient (Wildman–Crippen LogP) is 1.78. The third-order valence-corrected chi connectivity index (χ3v) is 1.41. The lowest BCUT2D eigenvalue weighted by molar-refractivity contribution is 0.384. The lowest BCUT2D eigenvalue weighted by atomic mass is 10.3. The second kappa shape index (κ2) is 3.86. The van der Waals surface area contributed by atoms with Crippen LogP contribution in [0.3, 0.4) is 0 Å². The van der Waals surface area contributed by atoms with E-state index in [-0.39, 0.29) is 6.42 Å². The summed E-state index contributed by atoms with van der Waals surface area (Å²) in [6, 6.07) is 0. The van der Waals surface area contributed by atoms with Gasteiger partial charge in [0.1, 0.15) is 5.83 Å². The number of rotatable bonds is 3. The first-order valence-electron chi connectivity index (χ1n) is 2.88. The van der Waals surface area contributed by atoms with E-state index in [1.54, 1.807) is 6.92 Å². The minimum Gasteiger partial charge on any atom is -0.321 e. The first kappa shape index (κ1) is 9.82. The molecule has 0 spiro atoms. The van der Waals surface area contributed by atoms with Crippen LogP contribution in [0.15, 0.2) is 11.6 Å². The van der Waals surface area contributed by atoms with Crippen molar-refractivity contribution in [2.75, 3.05) is 0 Å². The van der Waals surface area contributed by atoms with Crippen molar-refractivity contribution >= 4 is 7.60 Å². The van der Waals surface area contributed by atoms with Gasteiger partial charge in [-0.2, -0.15) is 0 Å². The van der Waals surface area contributed by atoms with E-state index in [1.165, 1.54) is 0 Å². The Morgan fingerprint density at radius 3 is 2.50 bits per heavy atom. The summed E-state index contributed by atoms with van der Waals surface area (Å²) >= 11 is 0. The smallest absolute Gasteiger partial charge is 0.321 e. The van der Waals surface area contributed by atoms with E-state index in [2.05, 4.69) is 0 Å². The summed E-state index contributed by atoms with van der Waals surface area (Å²) in [5, 5.41) is 0. The summed E-state index contributed by atoms with van der Waals surface area (Å²) in [4.78, 5) is 16.4. The summed E-state index contributed by atoms with van der Waals surface area (Å²) in [6.45, 7) is 1.73. The van der Waals surface area contributed by atoms with Gasteiger partial charge in [-0.15, -0.1) is 0 Å². The first-order chi connectivity index (χ1) is 4.45. The Balaban J connectivity index is 4.04. The maximum Gasteiger partial charge on any atom is 0.351 e. The lowest BCUT2D eigenvalue weighted by Crippen LogP contribution is -1.75. The van der Waals surface area contributed by atoms with Crippen molar-refractivity contribution in [3.63, 3.8) is 0 Å². The van der Waals surface area contributed by atoms with Gasteiger partial charge >= 0.3 is 7.60 Å². The molecular weight excluding hydrogens is 158 g/mol. The molecule has 0 fully saturated rings. The van der Waals surface area contributed by atoms with Crippen LogP contribution in [-0.4, -0.2) is 9.79 Å². The summed E-state index contributed by atoms with van der Waals surface area (Å²) in [5.74, 6) is -0.382. The molecule has 0 unspecified atom stereocenters. The first-order valence-corrected chi connectivity index (χ1v) is 4.56. The van der Waals surface area contributed by atoms with Crippen molar-refractivity contribution in [1.29, 1.82) is 0 Å². The molecular formula is C5H10FO3P. The topological polar surface area (TPSA) is 57.5 Å². The molecule has 60 valence electrons. The molecule has 0 aromatic rings. The molecule has 10 heavy (non-hydrogen) atoms.